The summed E-state index contributed by atoms with van der Waals surface area (Å²) in [5, 5.41) is 19.7. The standard InChI is InChI=1S/C19H15ClN8O3/c1-30-13-7-4-6-11(9-13)16-15(23-27-28(16)18-17(21)25-31-26-18)19(29)24-22-10-12-5-2-3-8-14(12)20/h2-10H,1H3,(H2,21,25)(H,24,29). The second kappa shape index (κ2) is 8.63. The fourth-order valence-electron chi connectivity index (χ4n) is 2.74. The van der Waals surface area contributed by atoms with Crippen molar-refractivity contribution in [2.24, 2.45) is 5.10 Å². The molecule has 0 atom stereocenters. The minimum absolute atomic E-state index is 0.0160. The Kier molecular flexibility index (Phi) is 5.58. The van der Waals surface area contributed by atoms with Gasteiger partial charge in [0.25, 0.3) is 5.91 Å². The van der Waals surface area contributed by atoms with E-state index in [9.17, 15) is 4.79 Å². The quantitative estimate of drug-likeness (QED) is 0.344. The smallest absolute Gasteiger partial charge is 0.294 e. The van der Waals surface area contributed by atoms with Crippen LogP contribution in [0.5, 0.6) is 5.75 Å². The summed E-state index contributed by atoms with van der Waals surface area (Å²) in [6.07, 6.45) is 1.43. The summed E-state index contributed by atoms with van der Waals surface area (Å²) in [5.74, 6) is 0.0312. The van der Waals surface area contributed by atoms with E-state index in [2.05, 4.69) is 35.8 Å². The number of carbonyl (C=O) groups is 1. The van der Waals surface area contributed by atoms with Gasteiger partial charge in [0.2, 0.25) is 11.6 Å². The van der Waals surface area contributed by atoms with Gasteiger partial charge in [-0.2, -0.15) is 9.78 Å². The molecule has 0 radical (unpaired) electrons. The number of ether oxygens (including phenoxy) is 1. The molecule has 2 heterocycles. The summed E-state index contributed by atoms with van der Waals surface area (Å²) >= 11 is 6.09. The van der Waals surface area contributed by atoms with Gasteiger partial charge in [0.15, 0.2) is 5.69 Å². The fourth-order valence-corrected chi connectivity index (χ4v) is 2.93. The predicted octanol–water partition coefficient (Wildman–Crippen LogP) is 2.33. The van der Waals surface area contributed by atoms with Crippen LogP contribution in [0.25, 0.3) is 17.1 Å². The highest BCUT2D eigenvalue weighted by atomic mass is 35.5. The molecular formula is C19H15ClN8O3. The maximum absolute atomic E-state index is 12.8. The van der Waals surface area contributed by atoms with Gasteiger partial charge < -0.3 is 10.5 Å². The Labute approximate surface area is 180 Å². The molecule has 0 aliphatic heterocycles. The number of halogens is 1. The van der Waals surface area contributed by atoms with Crippen LogP contribution in [0.3, 0.4) is 0 Å². The first-order valence-electron chi connectivity index (χ1n) is 8.85. The average molecular weight is 439 g/mol. The first-order valence-corrected chi connectivity index (χ1v) is 9.22. The van der Waals surface area contributed by atoms with Crippen LogP contribution < -0.4 is 15.9 Å². The van der Waals surface area contributed by atoms with Gasteiger partial charge in [0.1, 0.15) is 11.4 Å². The Balaban J connectivity index is 1.72. The van der Waals surface area contributed by atoms with E-state index in [1.165, 1.54) is 18.0 Å². The average Bonchev–Trinajstić information content (AvgIpc) is 3.41. The molecule has 0 saturated carbocycles. The molecular weight excluding hydrogens is 424 g/mol. The van der Waals surface area contributed by atoms with Crippen molar-refractivity contribution in [2.75, 3.05) is 12.8 Å². The van der Waals surface area contributed by atoms with Crippen LogP contribution in [0.15, 0.2) is 58.3 Å². The largest absolute Gasteiger partial charge is 0.497 e. The van der Waals surface area contributed by atoms with Gasteiger partial charge in [-0.25, -0.2) is 10.1 Å². The van der Waals surface area contributed by atoms with Gasteiger partial charge in [-0.05, 0) is 28.5 Å². The molecule has 31 heavy (non-hydrogen) atoms. The molecule has 0 saturated heterocycles. The summed E-state index contributed by atoms with van der Waals surface area (Å²) < 4.78 is 11.2. The van der Waals surface area contributed by atoms with E-state index in [1.807, 2.05) is 0 Å². The molecule has 2 aromatic carbocycles. The summed E-state index contributed by atoms with van der Waals surface area (Å²) in [6.45, 7) is 0. The van der Waals surface area contributed by atoms with E-state index in [4.69, 9.17) is 22.1 Å². The molecule has 1 amide bonds. The lowest BCUT2D eigenvalue weighted by atomic mass is 10.1. The number of nitrogens with zero attached hydrogens (tertiary/aromatic N) is 6. The number of hydrazone groups is 1. The van der Waals surface area contributed by atoms with Crippen LogP contribution in [-0.2, 0) is 0 Å². The van der Waals surface area contributed by atoms with Crippen molar-refractivity contribution in [3.8, 4) is 22.8 Å². The highest BCUT2D eigenvalue weighted by molar-refractivity contribution is 6.33. The van der Waals surface area contributed by atoms with Gasteiger partial charge in [-0.15, -0.1) is 5.10 Å². The minimum atomic E-state index is -0.609. The number of carbonyl (C=O) groups excluding carboxylic acids is 1. The number of nitrogen functional groups attached to an aromatic ring is 1. The first kappa shape index (κ1) is 20.0. The maximum Gasteiger partial charge on any atom is 0.294 e. The third kappa shape index (κ3) is 4.07. The van der Waals surface area contributed by atoms with Crippen LogP contribution in [-0.4, -0.2) is 44.5 Å². The number of hydrogen-bond acceptors (Lipinski definition) is 9. The van der Waals surface area contributed by atoms with Crippen molar-refractivity contribution < 1.29 is 14.2 Å². The molecule has 156 valence electrons. The SMILES string of the molecule is COc1cccc(-c2c(C(=O)NN=Cc3ccccc3Cl)nnn2-c2nonc2N)c1. The molecule has 0 fully saturated rings. The highest BCUT2D eigenvalue weighted by Crippen LogP contribution is 2.29. The Morgan fingerprint density at radius 2 is 2.10 bits per heavy atom. The summed E-state index contributed by atoms with van der Waals surface area (Å²) in [4.78, 5) is 12.8. The molecule has 0 bridgehead atoms. The molecule has 0 spiro atoms. The van der Waals surface area contributed by atoms with Crippen molar-refractivity contribution >= 4 is 29.5 Å². The Morgan fingerprint density at radius 3 is 2.84 bits per heavy atom. The van der Waals surface area contributed by atoms with E-state index < -0.39 is 5.91 Å². The molecule has 4 rings (SSSR count). The third-order valence-corrected chi connectivity index (χ3v) is 4.54. The lowest BCUT2D eigenvalue weighted by Crippen LogP contribution is -2.19. The van der Waals surface area contributed by atoms with Crippen LogP contribution in [0.4, 0.5) is 5.82 Å². The molecule has 0 aliphatic carbocycles. The monoisotopic (exact) mass is 438 g/mol. The molecule has 11 nitrogen and oxygen atoms in total. The van der Waals surface area contributed by atoms with Crippen molar-refractivity contribution in [2.45, 2.75) is 0 Å². The Morgan fingerprint density at radius 1 is 1.26 bits per heavy atom. The van der Waals surface area contributed by atoms with E-state index in [0.29, 0.717) is 27.6 Å². The predicted molar refractivity (Wildman–Crippen MR) is 112 cm³/mol. The number of amides is 1. The van der Waals surface area contributed by atoms with Crippen molar-refractivity contribution in [3.63, 3.8) is 0 Å². The van der Waals surface area contributed by atoms with Crippen molar-refractivity contribution in [3.05, 3.63) is 64.8 Å². The second-order valence-electron chi connectivity index (χ2n) is 6.12. The number of nitrogens with one attached hydrogen (secondary N) is 1. The molecule has 2 aromatic heterocycles. The van der Waals surface area contributed by atoms with Gasteiger partial charge in [0, 0.05) is 16.1 Å². The second-order valence-corrected chi connectivity index (χ2v) is 6.53. The van der Waals surface area contributed by atoms with Crippen LogP contribution >= 0.6 is 11.6 Å². The number of aromatic nitrogens is 5. The van der Waals surface area contributed by atoms with Crippen LogP contribution in [0, 0.1) is 0 Å². The topological polar surface area (TPSA) is 146 Å². The molecule has 0 unspecified atom stereocenters. The molecule has 0 aliphatic rings. The van der Waals surface area contributed by atoms with Gasteiger partial charge in [-0.1, -0.05) is 47.1 Å². The zero-order valence-electron chi connectivity index (χ0n) is 16.1. The Bertz CT molecular complexity index is 1270. The highest BCUT2D eigenvalue weighted by Gasteiger charge is 2.25. The van der Waals surface area contributed by atoms with Gasteiger partial charge in [-0.3, -0.25) is 4.79 Å². The van der Waals surface area contributed by atoms with Crippen LogP contribution in [0.1, 0.15) is 16.1 Å². The normalized spacial score (nSPS) is 11.0. The minimum Gasteiger partial charge on any atom is -0.497 e. The zero-order valence-corrected chi connectivity index (χ0v) is 16.8. The lowest BCUT2D eigenvalue weighted by molar-refractivity contribution is 0.0950. The number of benzene rings is 2. The van der Waals surface area contributed by atoms with Gasteiger partial charge >= 0.3 is 0 Å². The fraction of sp³-hybridized carbons (Fsp3) is 0.0526. The van der Waals surface area contributed by atoms with E-state index in [0.717, 1.165) is 0 Å². The molecule has 4 aromatic rings. The number of hydrogen-bond donors (Lipinski definition) is 2. The first-order chi connectivity index (χ1) is 15.1. The zero-order chi connectivity index (χ0) is 21.8. The number of methoxy groups -OCH3 is 1. The lowest BCUT2D eigenvalue weighted by Gasteiger charge is -2.07. The van der Waals surface area contributed by atoms with Crippen molar-refractivity contribution in [1.82, 2.24) is 30.7 Å². The Hall–Kier alpha value is -4.25. The van der Waals surface area contributed by atoms with Gasteiger partial charge in [0.05, 0.1) is 13.3 Å². The number of nitrogens with two attached hydrogens (primary N) is 1. The summed E-state index contributed by atoms with van der Waals surface area (Å²) in [5.41, 5.74) is 9.72. The third-order valence-electron chi connectivity index (χ3n) is 4.20. The van der Waals surface area contributed by atoms with E-state index >= 15 is 0 Å². The molecule has 3 N–H and O–H groups in total. The van der Waals surface area contributed by atoms with E-state index in [-0.39, 0.29) is 17.3 Å². The summed E-state index contributed by atoms with van der Waals surface area (Å²) in [7, 11) is 1.53. The van der Waals surface area contributed by atoms with E-state index in [1.54, 1.807) is 48.5 Å². The molecule has 12 heteroatoms. The number of anilines is 1. The van der Waals surface area contributed by atoms with Crippen LogP contribution in [0.2, 0.25) is 5.02 Å². The maximum atomic E-state index is 12.8. The van der Waals surface area contributed by atoms with Crippen molar-refractivity contribution in [1.29, 1.82) is 0 Å². The summed E-state index contributed by atoms with van der Waals surface area (Å²) in [6, 6.07) is 14.1. The number of rotatable bonds is 6.